The van der Waals surface area contributed by atoms with E-state index in [-0.39, 0.29) is 6.04 Å². The fourth-order valence-corrected chi connectivity index (χ4v) is 1.99. The van der Waals surface area contributed by atoms with Gasteiger partial charge in [0.15, 0.2) is 0 Å². The Kier molecular flexibility index (Phi) is 6.33. The van der Waals surface area contributed by atoms with Crippen LogP contribution in [0.3, 0.4) is 0 Å². The maximum Gasteiger partial charge on any atom is 0.0684 e. The summed E-state index contributed by atoms with van der Waals surface area (Å²) >= 11 is 0. The van der Waals surface area contributed by atoms with Crippen molar-refractivity contribution in [3.8, 4) is 0 Å². The van der Waals surface area contributed by atoms with Gasteiger partial charge in [0.05, 0.1) is 12.1 Å². The maximum absolute atomic E-state index is 9.89. The number of nitrogens with two attached hydrogens (primary N) is 1. The summed E-state index contributed by atoms with van der Waals surface area (Å²) < 4.78 is 0. The van der Waals surface area contributed by atoms with Gasteiger partial charge in [0, 0.05) is 6.54 Å². The molecule has 0 amide bonds. The molecular formula is C15H26N2O. The van der Waals surface area contributed by atoms with Crippen molar-refractivity contribution >= 4 is 0 Å². The molecule has 1 aromatic rings. The van der Waals surface area contributed by atoms with Gasteiger partial charge >= 0.3 is 0 Å². The van der Waals surface area contributed by atoms with Gasteiger partial charge in [-0.15, -0.1) is 0 Å². The van der Waals surface area contributed by atoms with Gasteiger partial charge in [-0.2, -0.15) is 0 Å². The van der Waals surface area contributed by atoms with Crippen LogP contribution >= 0.6 is 0 Å². The van der Waals surface area contributed by atoms with Crippen LogP contribution in [0.25, 0.3) is 0 Å². The lowest BCUT2D eigenvalue weighted by molar-refractivity contribution is 0.0575. The fraction of sp³-hybridized carbons (Fsp3) is 0.600. The molecule has 2 atom stereocenters. The first-order valence-electron chi connectivity index (χ1n) is 6.74. The smallest absolute Gasteiger partial charge is 0.0684 e. The summed E-state index contributed by atoms with van der Waals surface area (Å²) in [5, 5.41) is 11.7. The third-order valence-electron chi connectivity index (χ3n) is 3.24. The van der Waals surface area contributed by atoms with E-state index in [4.69, 9.17) is 5.84 Å². The molecule has 0 aliphatic heterocycles. The lowest BCUT2D eigenvalue weighted by atomic mass is 10.0. The van der Waals surface area contributed by atoms with Crippen molar-refractivity contribution in [2.75, 3.05) is 6.54 Å². The first kappa shape index (κ1) is 15.2. The van der Waals surface area contributed by atoms with Crippen LogP contribution in [0.2, 0.25) is 0 Å². The summed E-state index contributed by atoms with van der Waals surface area (Å²) in [5.74, 6) is 6.72. The lowest BCUT2D eigenvalue weighted by Crippen LogP contribution is -2.49. The van der Waals surface area contributed by atoms with Gasteiger partial charge in [0.25, 0.3) is 0 Å². The van der Waals surface area contributed by atoms with E-state index in [9.17, 15) is 5.11 Å². The minimum Gasteiger partial charge on any atom is -0.392 e. The highest BCUT2D eigenvalue weighted by molar-refractivity contribution is 5.16. The Morgan fingerprint density at radius 1 is 1.17 bits per heavy atom. The molecular weight excluding hydrogens is 224 g/mol. The summed E-state index contributed by atoms with van der Waals surface area (Å²) in [6.45, 7) is 6.99. The van der Waals surface area contributed by atoms with Gasteiger partial charge in [-0.05, 0) is 31.2 Å². The molecule has 1 aromatic carbocycles. The molecule has 0 spiro atoms. The van der Waals surface area contributed by atoms with E-state index in [2.05, 4.69) is 26.0 Å². The zero-order valence-corrected chi connectivity index (χ0v) is 11.7. The molecule has 18 heavy (non-hydrogen) atoms. The quantitative estimate of drug-likeness (QED) is 0.576. The number of hydrogen-bond donors (Lipinski definition) is 2. The number of hydrazine groups is 1. The Morgan fingerprint density at radius 3 is 2.28 bits per heavy atom. The molecule has 0 aliphatic carbocycles. The second kappa shape index (κ2) is 7.52. The molecule has 3 heteroatoms. The molecule has 0 bridgehead atoms. The molecule has 102 valence electrons. The summed E-state index contributed by atoms with van der Waals surface area (Å²) in [5.41, 5.74) is 1.21. The van der Waals surface area contributed by atoms with Gasteiger partial charge in [0.1, 0.15) is 0 Å². The largest absolute Gasteiger partial charge is 0.392 e. The van der Waals surface area contributed by atoms with Crippen LogP contribution in [-0.4, -0.2) is 28.8 Å². The topological polar surface area (TPSA) is 49.5 Å². The van der Waals surface area contributed by atoms with Crippen molar-refractivity contribution in [3.63, 3.8) is 0 Å². The Balaban J connectivity index is 2.59. The zero-order valence-electron chi connectivity index (χ0n) is 11.7. The molecule has 0 saturated heterocycles. The van der Waals surface area contributed by atoms with Crippen molar-refractivity contribution in [1.29, 1.82) is 0 Å². The third-order valence-corrected chi connectivity index (χ3v) is 3.24. The predicted octanol–water partition coefficient (Wildman–Crippen LogP) is 2.20. The second-order valence-electron chi connectivity index (χ2n) is 5.42. The van der Waals surface area contributed by atoms with Gasteiger partial charge < -0.3 is 5.11 Å². The number of benzene rings is 1. The number of hydrogen-bond acceptors (Lipinski definition) is 3. The number of aliphatic hydroxyl groups is 1. The molecule has 0 heterocycles. The summed E-state index contributed by atoms with van der Waals surface area (Å²) in [7, 11) is 0. The molecule has 1 rings (SSSR count). The normalized spacial score (nSPS) is 15.1. The molecule has 0 radical (unpaired) electrons. The molecule has 0 fully saturated rings. The van der Waals surface area contributed by atoms with Crippen LogP contribution < -0.4 is 5.84 Å². The number of rotatable bonds is 7. The summed E-state index contributed by atoms with van der Waals surface area (Å²) in [6.07, 6.45) is 1.41. The van der Waals surface area contributed by atoms with Crippen LogP contribution in [0, 0.1) is 5.92 Å². The minimum atomic E-state index is -0.428. The summed E-state index contributed by atoms with van der Waals surface area (Å²) in [6, 6.07) is 10.2. The van der Waals surface area contributed by atoms with Gasteiger partial charge in [-0.3, -0.25) is 5.84 Å². The Hall–Kier alpha value is -0.900. The van der Waals surface area contributed by atoms with Gasteiger partial charge in [0.2, 0.25) is 0 Å². The highest BCUT2D eigenvalue weighted by Crippen LogP contribution is 2.12. The van der Waals surface area contributed by atoms with E-state index in [1.807, 2.05) is 25.1 Å². The molecule has 0 aliphatic rings. The van der Waals surface area contributed by atoms with Crippen molar-refractivity contribution < 1.29 is 5.11 Å². The van der Waals surface area contributed by atoms with E-state index < -0.39 is 6.10 Å². The van der Waals surface area contributed by atoms with E-state index in [1.54, 1.807) is 5.01 Å². The van der Waals surface area contributed by atoms with Crippen LogP contribution in [0.15, 0.2) is 30.3 Å². The van der Waals surface area contributed by atoms with Crippen LogP contribution in [0.5, 0.6) is 0 Å². The maximum atomic E-state index is 9.89. The Morgan fingerprint density at radius 2 is 1.78 bits per heavy atom. The highest BCUT2D eigenvalue weighted by Gasteiger charge is 2.21. The van der Waals surface area contributed by atoms with Gasteiger partial charge in [-0.1, -0.05) is 44.2 Å². The molecule has 3 nitrogen and oxygen atoms in total. The SMILES string of the molecule is CC(C)CCN(N)[C@@H](Cc1ccccc1)[C@@H](C)O. The lowest BCUT2D eigenvalue weighted by Gasteiger charge is -2.30. The first-order valence-corrected chi connectivity index (χ1v) is 6.74. The van der Waals surface area contributed by atoms with E-state index >= 15 is 0 Å². The number of aliphatic hydroxyl groups excluding tert-OH is 1. The molecule has 0 aromatic heterocycles. The van der Waals surface area contributed by atoms with Crippen LogP contribution in [0.4, 0.5) is 0 Å². The average Bonchev–Trinajstić information content (AvgIpc) is 2.34. The van der Waals surface area contributed by atoms with Crippen molar-refractivity contribution in [2.45, 2.75) is 45.8 Å². The van der Waals surface area contributed by atoms with Gasteiger partial charge in [-0.25, -0.2) is 5.01 Å². The third kappa shape index (κ3) is 5.17. The van der Waals surface area contributed by atoms with Crippen LogP contribution in [0.1, 0.15) is 32.8 Å². The fourth-order valence-electron chi connectivity index (χ4n) is 1.99. The molecule has 0 unspecified atom stereocenters. The van der Waals surface area contributed by atoms with Crippen molar-refractivity contribution in [1.82, 2.24) is 5.01 Å². The van der Waals surface area contributed by atoms with Crippen molar-refractivity contribution in [3.05, 3.63) is 35.9 Å². The van der Waals surface area contributed by atoms with Crippen molar-refractivity contribution in [2.24, 2.45) is 11.8 Å². The van der Waals surface area contributed by atoms with E-state index in [0.29, 0.717) is 5.92 Å². The average molecular weight is 250 g/mol. The summed E-state index contributed by atoms with van der Waals surface area (Å²) in [4.78, 5) is 0. The van der Waals surface area contributed by atoms with Crippen LogP contribution in [-0.2, 0) is 6.42 Å². The predicted molar refractivity (Wildman–Crippen MR) is 76.0 cm³/mol. The van der Waals surface area contributed by atoms with E-state index in [0.717, 1.165) is 19.4 Å². The zero-order chi connectivity index (χ0) is 13.5. The minimum absolute atomic E-state index is 0.0221. The Bertz CT molecular complexity index is 325. The standard InChI is InChI=1S/C15H26N2O/c1-12(2)9-10-17(16)15(13(3)18)11-14-7-5-4-6-8-14/h4-8,12-13,15,18H,9-11,16H2,1-3H3/t13-,15+/m1/s1. The monoisotopic (exact) mass is 250 g/mol. The highest BCUT2D eigenvalue weighted by atomic mass is 16.3. The number of nitrogens with zero attached hydrogens (tertiary/aromatic N) is 1. The van der Waals surface area contributed by atoms with E-state index in [1.165, 1.54) is 5.56 Å². The second-order valence-corrected chi connectivity index (χ2v) is 5.42. The Labute approximate surface area is 111 Å². The molecule has 3 N–H and O–H groups in total. The molecule has 0 saturated carbocycles. The first-order chi connectivity index (χ1) is 8.50.